The molecular weight excluding hydrogens is 344 g/mol. The van der Waals surface area contributed by atoms with Gasteiger partial charge < -0.3 is 4.74 Å². The smallest absolute Gasteiger partial charge is 0.348 e. The highest BCUT2D eigenvalue weighted by atomic mass is 32.1. The maximum atomic E-state index is 12.2. The van der Waals surface area contributed by atoms with Crippen molar-refractivity contribution in [3.05, 3.63) is 37.5 Å². The fourth-order valence-corrected chi connectivity index (χ4v) is 4.66. The third-order valence-electron chi connectivity index (χ3n) is 3.88. The summed E-state index contributed by atoms with van der Waals surface area (Å²) < 4.78 is 5.13. The highest BCUT2D eigenvalue weighted by Gasteiger charge is 2.25. The van der Waals surface area contributed by atoms with Gasteiger partial charge in [-0.1, -0.05) is 0 Å². The van der Waals surface area contributed by atoms with Gasteiger partial charge in [0.25, 0.3) is 0 Å². The number of hydrogen-bond donors (Lipinski definition) is 0. The number of nitrogens with zero attached hydrogens (tertiary/aromatic N) is 2. The standard InChI is InChI=1S/C17H16N2O3S2/c1-10-9-23-16(19-10)12(7-18)13(20)8-22-17(21)15-6-11-4-2-3-5-14(11)24-15/h6,9,12H,2-5,8H2,1H3/t12-/m0/s1. The number of thiophene rings is 1. The quantitative estimate of drug-likeness (QED) is 0.763. The minimum absolute atomic E-state index is 0.405. The fraction of sp³-hybridized carbons (Fsp3) is 0.412. The number of carbonyl (C=O) groups is 2. The molecule has 1 aliphatic carbocycles. The molecule has 0 amide bonds. The first kappa shape index (κ1) is 16.8. The third-order valence-corrected chi connectivity index (χ3v) is 6.12. The summed E-state index contributed by atoms with van der Waals surface area (Å²) in [5.74, 6) is -1.91. The van der Waals surface area contributed by atoms with Crippen LogP contribution in [0.3, 0.4) is 0 Å². The van der Waals surface area contributed by atoms with Gasteiger partial charge >= 0.3 is 5.97 Å². The van der Waals surface area contributed by atoms with Crippen LogP contribution in [-0.4, -0.2) is 23.3 Å². The summed E-state index contributed by atoms with van der Waals surface area (Å²) in [6.07, 6.45) is 4.30. The largest absolute Gasteiger partial charge is 0.453 e. The predicted molar refractivity (Wildman–Crippen MR) is 91.5 cm³/mol. The van der Waals surface area contributed by atoms with E-state index in [0.29, 0.717) is 9.88 Å². The van der Waals surface area contributed by atoms with Gasteiger partial charge in [0.15, 0.2) is 18.3 Å². The van der Waals surface area contributed by atoms with Crippen LogP contribution in [0.2, 0.25) is 0 Å². The highest BCUT2D eigenvalue weighted by Crippen LogP contribution is 2.30. The van der Waals surface area contributed by atoms with Crippen LogP contribution in [0.15, 0.2) is 11.4 Å². The second-order valence-electron chi connectivity index (χ2n) is 5.70. The first-order valence-electron chi connectivity index (χ1n) is 7.71. The van der Waals surface area contributed by atoms with Crippen molar-refractivity contribution in [3.63, 3.8) is 0 Å². The summed E-state index contributed by atoms with van der Waals surface area (Å²) in [5, 5.41) is 11.4. The number of ketones is 1. The molecule has 0 radical (unpaired) electrons. The van der Waals surface area contributed by atoms with Crippen molar-refractivity contribution in [1.82, 2.24) is 4.98 Å². The number of aromatic nitrogens is 1. The molecule has 0 saturated heterocycles. The number of aryl methyl sites for hydroxylation is 3. The Labute approximate surface area is 147 Å². The van der Waals surface area contributed by atoms with Crippen molar-refractivity contribution >= 4 is 34.4 Å². The van der Waals surface area contributed by atoms with Crippen LogP contribution in [0.1, 0.15) is 49.6 Å². The van der Waals surface area contributed by atoms with E-state index in [1.807, 2.05) is 12.1 Å². The molecule has 0 bridgehead atoms. The Morgan fingerprint density at radius 3 is 2.88 bits per heavy atom. The summed E-state index contributed by atoms with van der Waals surface area (Å²) in [5.41, 5.74) is 1.99. The van der Waals surface area contributed by atoms with Crippen LogP contribution in [0.25, 0.3) is 0 Å². The molecule has 24 heavy (non-hydrogen) atoms. The zero-order valence-electron chi connectivity index (χ0n) is 13.2. The molecule has 0 N–H and O–H groups in total. The van der Waals surface area contributed by atoms with Gasteiger partial charge in [-0.15, -0.1) is 22.7 Å². The van der Waals surface area contributed by atoms with E-state index < -0.39 is 24.3 Å². The van der Waals surface area contributed by atoms with Crippen LogP contribution >= 0.6 is 22.7 Å². The molecule has 3 rings (SSSR count). The van der Waals surface area contributed by atoms with Gasteiger partial charge in [0.05, 0.1) is 6.07 Å². The van der Waals surface area contributed by atoms with E-state index in [9.17, 15) is 14.9 Å². The zero-order chi connectivity index (χ0) is 17.1. The topological polar surface area (TPSA) is 80.0 Å². The van der Waals surface area contributed by atoms with Crippen molar-refractivity contribution in [1.29, 1.82) is 5.26 Å². The molecule has 0 aliphatic heterocycles. The second kappa shape index (κ2) is 7.24. The lowest BCUT2D eigenvalue weighted by Crippen LogP contribution is -2.19. The molecule has 1 aliphatic rings. The maximum Gasteiger partial charge on any atom is 0.348 e. The number of nitriles is 1. The summed E-state index contributed by atoms with van der Waals surface area (Å²) in [6.45, 7) is 1.40. The van der Waals surface area contributed by atoms with Gasteiger partial charge in [0.2, 0.25) is 0 Å². The second-order valence-corrected chi connectivity index (χ2v) is 7.72. The minimum Gasteiger partial charge on any atom is -0.453 e. The lowest BCUT2D eigenvalue weighted by molar-refractivity contribution is -0.122. The number of esters is 1. The van der Waals surface area contributed by atoms with Crippen LogP contribution < -0.4 is 0 Å². The number of fused-ring (bicyclic) bond motifs is 1. The van der Waals surface area contributed by atoms with Crippen LogP contribution in [0.4, 0.5) is 0 Å². The Hall–Kier alpha value is -2.04. The van der Waals surface area contributed by atoms with Gasteiger partial charge in [0, 0.05) is 16.0 Å². The lowest BCUT2D eigenvalue weighted by atomic mass is 9.99. The van der Waals surface area contributed by atoms with Gasteiger partial charge in [-0.3, -0.25) is 4.79 Å². The summed E-state index contributed by atoms with van der Waals surface area (Å²) >= 11 is 2.71. The van der Waals surface area contributed by atoms with E-state index in [4.69, 9.17) is 4.74 Å². The molecule has 0 saturated carbocycles. The molecule has 0 unspecified atom stereocenters. The van der Waals surface area contributed by atoms with E-state index in [2.05, 4.69) is 4.98 Å². The fourth-order valence-electron chi connectivity index (χ4n) is 2.65. The summed E-state index contributed by atoms with van der Waals surface area (Å²) in [6, 6.07) is 3.82. The lowest BCUT2D eigenvalue weighted by Gasteiger charge is -2.08. The monoisotopic (exact) mass is 360 g/mol. The summed E-state index contributed by atoms with van der Waals surface area (Å²) in [4.78, 5) is 30.3. The number of hydrogen-bond acceptors (Lipinski definition) is 7. The molecule has 2 aromatic heterocycles. The Balaban J connectivity index is 1.62. The van der Waals surface area contributed by atoms with E-state index in [1.165, 1.54) is 33.1 Å². The van der Waals surface area contributed by atoms with E-state index in [-0.39, 0.29) is 0 Å². The molecule has 7 heteroatoms. The van der Waals surface area contributed by atoms with E-state index in [0.717, 1.165) is 31.4 Å². The van der Waals surface area contributed by atoms with Crippen LogP contribution in [0, 0.1) is 18.3 Å². The molecule has 0 fully saturated rings. The van der Waals surface area contributed by atoms with Crippen molar-refractivity contribution in [2.24, 2.45) is 0 Å². The molecule has 0 spiro atoms. The SMILES string of the molecule is Cc1csc([C@@H](C#N)C(=O)COC(=O)c2cc3c(s2)CCCC3)n1. The number of rotatable bonds is 5. The van der Waals surface area contributed by atoms with Crippen molar-refractivity contribution in [3.8, 4) is 6.07 Å². The van der Waals surface area contributed by atoms with E-state index in [1.54, 1.807) is 12.3 Å². The molecule has 5 nitrogen and oxygen atoms in total. The third kappa shape index (κ3) is 3.55. The highest BCUT2D eigenvalue weighted by molar-refractivity contribution is 7.14. The summed E-state index contributed by atoms with van der Waals surface area (Å²) in [7, 11) is 0. The van der Waals surface area contributed by atoms with Crippen molar-refractivity contribution < 1.29 is 14.3 Å². The van der Waals surface area contributed by atoms with Gasteiger partial charge in [-0.05, 0) is 44.2 Å². The Bertz CT molecular complexity index is 793. The minimum atomic E-state index is -0.979. The normalized spacial score (nSPS) is 14.5. The average Bonchev–Trinajstić information content (AvgIpc) is 3.19. The Morgan fingerprint density at radius 2 is 2.21 bits per heavy atom. The van der Waals surface area contributed by atoms with Crippen LogP contribution in [0.5, 0.6) is 0 Å². The van der Waals surface area contributed by atoms with Crippen molar-refractivity contribution in [2.45, 2.75) is 38.5 Å². The predicted octanol–water partition coefficient (Wildman–Crippen LogP) is 3.43. The number of thiazole rings is 1. The zero-order valence-corrected chi connectivity index (χ0v) is 14.8. The first-order chi connectivity index (χ1) is 11.6. The molecule has 0 aromatic carbocycles. The maximum absolute atomic E-state index is 12.2. The average molecular weight is 360 g/mol. The number of Topliss-reactive ketones (excluding diaryl/α,β-unsaturated/α-hetero) is 1. The molecule has 2 aromatic rings. The van der Waals surface area contributed by atoms with Gasteiger partial charge in [-0.25, -0.2) is 9.78 Å². The molecule has 124 valence electrons. The molecular formula is C17H16N2O3S2. The molecule has 2 heterocycles. The Kier molecular flexibility index (Phi) is 5.07. The number of carbonyl (C=O) groups excluding carboxylic acids is 2. The Morgan fingerprint density at radius 1 is 1.42 bits per heavy atom. The van der Waals surface area contributed by atoms with Crippen molar-refractivity contribution in [2.75, 3.05) is 6.61 Å². The van der Waals surface area contributed by atoms with Gasteiger partial charge in [-0.2, -0.15) is 5.26 Å². The van der Waals surface area contributed by atoms with Gasteiger partial charge in [0.1, 0.15) is 9.88 Å². The number of ether oxygens (including phenoxy) is 1. The first-order valence-corrected chi connectivity index (χ1v) is 9.41. The molecule has 1 atom stereocenters. The van der Waals surface area contributed by atoms with Crippen LogP contribution in [-0.2, 0) is 22.4 Å². The van der Waals surface area contributed by atoms with E-state index >= 15 is 0 Å².